The minimum Gasteiger partial charge on any atom is -0.330 e. The summed E-state index contributed by atoms with van der Waals surface area (Å²) >= 11 is 0. The lowest BCUT2D eigenvalue weighted by molar-refractivity contribution is 0.453. The molecule has 0 radical (unpaired) electrons. The second kappa shape index (κ2) is 6.38. The lowest BCUT2D eigenvalue weighted by atomic mass is 10.1. The first-order valence-electron chi connectivity index (χ1n) is 7.53. The lowest BCUT2D eigenvalue weighted by Gasteiger charge is -2.18. The van der Waals surface area contributed by atoms with E-state index in [0.29, 0.717) is 6.54 Å². The molecule has 0 amide bonds. The van der Waals surface area contributed by atoms with Crippen LogP contribution in [0.4, 0.5) is 4.39 Å². The van der Waals surface area contributed by atoms with Gasteiger partial charge in [-0.2, -0.15) is 5.10 Å². The summed E-state index contributed by atoms with van der Waals surface area (Å²) in [6.45, 7) is 0.460. The smallest absolute Gasteiger partial charge is 0.243 e. The van der Waals surface area contributed by atoms with E-state index in [1.165, 1.54) is 29.2 Å². The maximum Gasteiger partial charge on any atom is 0.243 e. The summed E-state index contributed by atoms with van der Waals surface area (Å²) in [5.41, 5.74) is 5.89. The van der Waals surface area contributed by atoms with Crippen LogP contribution >= 0.6 is 0 Å². The van der Waals surface area contributed by atoms with E-state index >= 15 is 0 Å². The highest BCUT2D eigenvalue weighted by Gasteiger charge is 2.31. The van der Waals surface area contributed by atoms with Crippen molar-refractivity contribution < 1.29 is 12.8 Å². The highest BCUT2D eigenvalue weighted by Crippen LogP contribution is 2.26. The number of sulfonamides is 1. The zero-order valence-corrected chi connectivity index (χ0v) is 13.3. The molecule has 1 heterocycles. The van der Waals surface area contributed by atoms with Crippen LogP contribution in [0, 0.1) is 11.7 Å². The predicted octanol–water partition coefficient (Wildman–Crippen LogP) is 1.42. The van der Waals surface area contributed by atoms with Crippen molar-refractivity contribution in [2.24, 2.45) is 11.7 Å². The van der Waals surface area contributed by atoms with Crippen LogP contribution in [0.15, 0.2) is 41.6 Å². The third-order valence-corrected chi connectivity index (χ3v) is 5.68. The van der Waals surface area contributed by atoms with Crippen LogP contribution in [-0.4, -0.2) is 30.8 Å². The quantitative estimate of drug-likeness (QED) is 0.863. The van der Waals surface area contributed by atoms with Gasteiger partial charge >= 0.3 is 0 Å². The fourth-order valence-corrected chi connectivity index (χ4v) is 4.23. The number of nitrogens with two attached hydrogens (primary N) is 1. The summed E-state index contributed by atoms with van der Waals surface area (Å²) in [4.78, 5) is 0.0171. The van der Waals surface area contributed by atoms with Gasteiger partial charge in [0.05, 0.1) is 12.4 Å². The molecule has 124 valence electrons. The van der Waals surface area contributed by atoms with E-state index in [9.17, 15) is 12.8 Å². The molecule has 1 fully saturated rings. The molecule has 0 spiro atoms. The van der Waals surface area contributed by atoms with Gasteiger partial charge in [0.1, 0.15) is 16.4 Å². The number of rotatable bonds is 5. The number of para-hydroxylation sites is 1. The van der Waals surface area contributed by atoms with Gasteiger partial charge in [-0.25, -0.2) is 22.2 Å². The van der Waals surface area contributed by atoms with Crippen molar-refractivity contribution in [2.45, 2.75) is 30.2 Å². The Labute approximate surface area is 134 Å². The van der Waals surface area contributed by atoms with Crippen LogP contribution in [0.1, 0.15) is 19.3 Å². The molecule has 0 aliphatic heterocycles. The minimum absolute atomic E-state index is 0.0171. The van der Waals surface area contributed by atoms with E-state index in [-0.39, 0.29) is 22.5 Å². The Morgan fingerprint density at radius 3 is 2.87 bits per heavy atom. The molecule has 1 aromatic heterocycles. The van der Waals surface area contributed by atoms with Gasteiger partial charge in [-0.05, 0) is 37.4 Å². The Morgan fingerprint density at radius 2 is 2.13 bits per heavy atom. The molecular formula is C15H19FN4O2S. The van der Waals surface area contributed by atoms with E-state index in [2.05, 4.69) is 9.82 Å². The minimum atomic E-state index is -3.70. The number of hydrogen-bond acceptors (Lipinski definition) is 4. The fourth-order valence-electron chi connectivity index (χ4n) is 2.96. The average molecular weight is 338 g/mol. The molecule has 0 unspecified atom stereocenters. The van der Waals surface area contributed by atoms with Crippen molar-refractivity contribution in [3.63, 3.8) is 0 Å². The van der Waals surface area contributed by atoms with Gasteiger partial charge in [0, 0.05) is 6.04 Å². The average Bonchev–Trinajstić information content (AvgIpc) is 3.16. The summed E-state index contributed by atoms with van der Waals surface area (Å²) in [7, 11) is -3.70. The van der Waals surface area contributed by atoms with Crippen LogP contribution in [0.3, 0.4) is 0 Å². The molecule has 0 saturated heterocycles. The number of hydrogen-bond donors (Lipinski definition) is 2. The van der Waals surface area contributed by atoms with Gasteiger partial charge in [0.25, 0.3) is 0 Å². The Morgan fingerprint density at radius 1 is 1.35 bits per heavy atom. The molecular weight excluding hydrogens is 319 g/mol. The second-order valence-corrected chi connectivity index (χ2v) is 7.44. The molecule has 1 aliphatic rings. The Hall–Kier alpha value is -1.77. The van der Waals surface area contributed by atoms with Gasteiger partial charge in [0.2, 0.25) is 10.0 Å². The number of benzene rings is 1. The fraction of sp³-hybridized carbons (Fsp3) is 0.400. The predicted molar refractivity (Wildman–Crippen MR) is 84.0 cm³/mol. The molecule has 3 rings (SSSR count). The van der Waals surface area contributed by atoms with Crippen LogP contribution in [0.2, 0.25) is 0 Å². The van der Waals surface area contributed by atoms with Gasteiger partial charge in [-0.3, -0.25) is 0 Å². The molecule has 23 heavy (non-hydrogen) atoms. The number of halogens is 1. The Bertz CT molecular complexity index is 790. The summed E-state index contributed by atoms with van der Waals surface area (Å²) in [6, 6.07) is 5.91. The van der Waals surface area contributed by atoms with Crippen LogP contribution < -0.4 is 10.5 Å². The van der Waals surface area contributed by atoms with Crippen LogP contribution in [-0.2, 0) is 10.0 Å². The molecule has 1 aromatic carbocycles. The molecule has 6 nitrogen and oxygen atoms in total. The summed E-state index contributed by atoms with van der Waals surface area (Å²) in [5.74, 6) is -0.308. The van der Waals surface area contributed by atoms with E-state index < -0.39 is 15.8 Å². The largest absolute Gasteiger partial charge is 0.330 e. The van der Waals surface area contributed by atoms with Crippen molar-refractivity contribution >= 4 is 10.0 Å². The first-order chi connectivity index (χ1) is 11.0. The van der Waals surface area contributed by atoms with Gasteiger partial charge in [-0.1, -0.05) is 18.6 Å². The lowest BCUT2D eigenvalue weighted by Crippen LogP contribution is -2.39. The maximum atomic E-state index is 13.8. The summed E-state index contributed by atoms with van der Waals surface area (Å²) < 4.78 is 42.6. The zero-order valence-electron chi connectivity index (χ0n) is 12.5. The summed E-state index contributed by atoms with van der Waals surface area (Å²) in [5, 5.41) is 3.96. The molecule has 1 aliphatic carbocycles. The molecule has 2 aromatic rings. The highest BCUT2D eigenvalue weighted by molar-refractivity contribution is 7.89. The first kappa shape index (κ1) is 16.1. The van der Waals surface area contributed by atoms with Crippen LogP contribution in [0.5, 0.6) is 0 Å². The van der Waals surface area contributed by atoms with Crippen molar-refractivity contribution in [3.8, 4) is 5.69 Å². The highest BCUT2D eigenvalue weighted by atomic mass is 32.2. The molecule has 0 bridgehead atoms. The van der Waals surface area contributed by atoms with E-state index in [1.54, 1.807) is 12.1 Å². The van der Waals surface area contributed by atoms with Crippen molar-refractivity contribution in [2.75, 3.05) is 6.54 Å². The number of aromatic nitrogens is 2. The molecule has 1 saturated carbocycles. The van der Waals surface area contributed by atoms with Gasteiger partial charge in [-0.15, -0.1) is 0 Å². The second-order valence-electron chi connectivity index (χ2n) is 5.73. The topological polar surface area (TPSA) is 90.0 Å². The zero-order chi connectivity index (χ0) is 16.4. The van der Waals surface area contributed by atoms with E-state index in [4.69, 9.17) is 5.73 Å². The molecule has 3 N–H and O–H groups in total. The van der Waals surface area contributed by atoms with Crippen molar-refractivity contribution in [1.29, 1.82) is 0 Å². The summed E-state index contributed by atoms with van der Waals surface area (Å²) in [6.07, 6.45) is 5.21. The maximum absolute atomic E-state index is 13.8. The number of nitrogens with zero attached hydrogens (tertiary/aromatic N) is 2. The Kier molecular flexibility index (Phi) is 4.47. The molecule has 8 heteroatoms. The normalized spacial score (nSPS) is 21.7. The third-order valence-electron chi connectivity index (χ3n) is 4.24. The monoisotopic (exact) mass is 338 g/mol. The third kappa shape index (κ3) is 3.29. The number of nitrogens with one attached hydrogen (secondary N) is 1. The van der Waals surface area contributed by atoms with Gasteiger partial charge < -0.3 is 5.73 Å². The van der Waals surface area contributed by atoms with Gasteiger partial charge in [0.15, 0.2) is 0 Å². The van der Waals surface area contributed by atoms with E-state index in [1.807, 2.05) is 0 Å². The standard InChI is InChI=1S/C15H19FN4O2S/c16-13-5-1-2-7-15(13)20-10-12(9-18-20)23(21,22)19-14-6-3-4-11(14)8-17/h1-2,5,7,9-11,14,19H,3-4,6,8,17H2/t11-,14+/m1/s1. The van der Waals surface area contributed by atoms with E-state index in [0.717, 1.165) is 19.3 Å². The van der Waals surface area contributed by atoms with Crippen LogP contribution in [0.25, 0.3) is 5.69 Å². The van der Waals surface area contributed by atoms with Crippen molar-refractivity contribution in [1.82, 2.24) is 14.5 Å². The van der Waals surface area contributed by atoms with Crippen molar-refractivity contribution in [3.05, 3.63) is 42.5 Å². The molecule has 2 atom stereocenters. The Balaban J connectivity index is 1.83. The first-order valence-corrected chi connectivity index (χ1v) is 9.01. The SMILES string of the molecule is NC[C@H]1CCC[C@@H]1NS(=O)(=O)c1cnn(-c2ccccc2F)c1.